The summed E-state index contributed by atoms with van der Waals surface area (Å²) in [5.41, 5.74) is 13.5. The molecule has 126 valence electrons. The van der Waals surface area contributed by atoms with Gasteiger partial charge in [0.25, 0.3) is 0 Å². The van der Waals surface area contributed by atoms with Crippen LogP contribution in [0.15, 0.2) is 42.5 Å². The Bertz CT molecular complexity index is 707. The van der Waals surface area contributed by atoms with Crippen molar-refractivity contribution in [1.29, 1.82) is 0 Å². The molecule has 0 aliphatic carbocycles. The van der Waals surface area contributed by atoms with Crippen molar-refractivity contribution in [3.63, 3.8) is 0 Å². The van der Waals surface area contributed by atoms with Crippen molar-refractivity contribution < 1.29 is 14.3 Å². The minimum atomic E-state index is -0.450. The van der Waals surface area contributed by atoms with Gasteiger partial charge in [-0.05, 0) is 73.2 Å². The molecule has 1 aliphatic rings. The summed E-state index contributed by atoms with van der Waals surface area (Å²) < 4.78 is 11.4. The van der Waals surface area contributed by atoms with Crippen LogP contribution >= 0.6 is 0 Å². The lowest BCUT2D eigenvalue weighted by atomic mass is 9.92. The Balaban J connectivity index is 1.77. The Morgan fingerprint density at radius 1 is 1.12 bits per heavy atom. The van der Waals surface area contributed by atoms with Gasteiger partial charge in [-0.25, -0.2) is 0 Å². The number of amides is 1. The van der Waals surface area contributed by atoms with Gasteiger partial charge in [0.05, 0.1) is 0 Å². The minimum Gasteiger partial charge on any atom is -0.457 e. The SMILES string of the molecule is NC(=O)c1ccc(Oc2ccc(N)cc2CC2CCOCC2)cc1. The lowest BCUT2D eigenvalue weighted by Crippen LogP contribution is -2.17. The first-order chi connectivity index (χ1) is 11.6. The van der Waals surface area contributed by atoms with Gasteiger partial charge >= 0.3 is 0 Å². The van der Waals surface area contributed by atoms with E-state index in [1.54, 1.807) is 24.3 Å². The van der Waals surface area contributed by atoms with Gasteiger partial charge in [-0.1, -0.05) is 0 Å². The van der Waals surface area contributed by atoms with Crippen LogP contribution in [0.5, 0.6) is 11.5 Å². The molecule has 24 heavy (non-hydrogen) atoms. The number of nitrogen functional groups attached to an aromatic ring is 1. The van der Waals surface area contributed by atoms with Gasteiger partial charge in [0.15, 0.2) is 0 Å². The summed E-state index contributed by atoms with van der Waals surface area (Å²) in [6, 6.07) is 12.5. The first-order valence-corrected chi connectivity index (χ1v) is 8.15. The van der Waals surface area contributed by atoms with Crippen molar-refractivity contribution in [1.82, 2.24) is 0 Å². The van der Waals surface area contributed by atoms with Crippen LogP contribution in [0, 0.1) is 5.92 Å². The summed E-state index contributed by atoms with van der Waals surface area (Å²) in [6.45, 7) is 1.63. The highest BCUT2D eigenvalue weighted by atomic mass is 16.5. The first-order valence-electron chi connectivity index (χ1n) is 8.15. The number of benzene rings is 2. The topological polar surface area (TPSA) is 87.6 Å². The lowest BCUT2D eigenvalue weighted by molar-refractivity contribution is 0.0664. The van der Waals surface area contributed by atoms with Crippen molar-refractivity contribution in [2.45, 2.75) is 19.3 Å². The average molecular weight is 326 g/mol. The molecule has 1 saturated heterocycles. The number of carbonyl (C=O) groups excluding carboxylic acids is 1. The number of hydrogen-bond acceptors (Lipinski definition) is 4. The largest absolute Gasteiger partial charge is 0.457 e. The molecule has 1 aliphatic heterocycles. The molecule has 0 aromatic heterocycles. The Labute approximate surface area is 141 Å². The van der Waals surface area contributed by atoms with Gasteiger partial charge in [0, 0.05) is 24.5 Å². The molecule has 4 N–H and O–H groups in total. The van der Waals surface area contributed by atoms with Crippen LogP contribution in [-0.4, -0.2) is 19.1 Å². The molecule has 1 amide bonds. The molecular formula is C19H22N2O3. The summed E-state index contributed by atoms with van der Waals surface area (Å²) >= 11 is 0. The van der Waals surface area contributed by atoms with Crippen LogP contribution < -0.4 is 16.2 Å². The van der Waals surface area contributed by atoms with Crippen LogP contribution in [0.4, 0.5) is 5.69 Å². The monoisotopic (exact) mass is 326 g/mol. The smallest absolute Gasteiger partial charge is 0.248 e. The van der Waals surface area contributed by atoms with Crippen LogP contribution in [-0.2, 0) is 11.2 Å². The highest BCUT2D eigenvalue weighted by molar-refractivity contribution is 5.92. The predicted octanol–water partition coefficient (Wildman–Crippen LogP) is 3.13. The number of rotatable bonds is 5. The second-order valence-electron chi connectivity index (χ2n) is 6.12. The van der Waals surface area contributed by atoms with E-state index in [2.05, 4.69) is 0 Å². The van der Waals surface area contributed by atoms with Crippen molar-refractivity contribution in [3.8, 4) is 11.5 Å². The molecule has 0 atom stereocenters. The number of anilines is 1. The second-order valence-corrected chi connectivity index (χ2v) is 6.12. The molecular weight excluding hydrogens is 304 g/mol. The molecule has 1 fully saturated rings. The van der Waals surface area contributed by atoms with E-state index in [1.807, 2.05) is 18.2 Å². The molecule has 5 nitrogen and oxygen atoms in total. The van der Waals surface area contributed by atoms with Crippen LogP contribution in [0.1, 0.15) is 28.8 Å². The van der Waals surface area contributed by atoms with Gasteiger partial charge in [-0.3, -0.25) is 4.79 Å². The highest BCUT2D eigenvalue weighted by Gasteiger charge is 2.17. The zero-order valence-corrected chi connectivity index (χ0v) is 13.5. The van der Waals surface area contributed by atoms with Crippen molar-refractivity contribution in [2.24, 2.45) is 11.7 Å². The molecule has 3 rings (SSSR count). The van der Waals surface area contributed by atoms with Gasteiger partial charge in [-0.15, -0.1) is 0 Å². The Morgan fingerprint density at radius 2 is 1.83 bits per heavy atom. The van der Waals surface area contributed by atoms with E-state index in [4.69, 9.17) is 20.9 Å². The molecule has 1 heterocycles. The van der Waals surface area contributed by atoms with Gasteiger partial charge in [0.1, 0.15) is 11.5 Å². The lowest BCUT2D eigenvalue weighted by Gasteiger charge is -2.23. The van der Waals surface area contributed by atoms with E-state index in [9.17, 15) is 4.79 Å². The van der Waals surface area contributed by atoms with Gasteiger partial charge < -0.3 is 20.9 Å². The molecule has 0 radical (unpaired) electrons. The zero-order valence-electron chi connectivity index (χ0n) is 13.5. The molecule has 0 saturated carbocycles. The quantitative estimate of drug-likeness (QED) is 0.826. The maximum atomic E-state index is 11.1. The van der Waals surface area contributed by atoms with E-state index in [0.29, 0.717) is 17.2 Å². The normalized spacial score (nSPS) is 15.2. The van der Waals surface area contributed by atoms with Gasteiger partial charge in [0.2, 0.25) is 5.91 Å². The third-order valence-corrected chi connectivity index (χ3v) is 4.30. The standard InChI is InChI=1S/C19H22N2O3/c20-16-3-6-18(15(12-16)11-13-7-9-23-10-8-13)24-17-4-1-14(2-5-17)19(21)22/h1-6,12-13H,7-11,20H2,(H2,21,22). The Kier molecular flexibility index (Phi) is 5.01. The maximum Gasteiger partial charge on any atom is 0.248 e. The van der Waals surface area contributed by atoms with Crippen LogP contribution in [0.25, 0.3) is 0 Å². The fourth-order valence-corrected chi connectivity index (χ4v) is 2.93. The van der Waals surface area contributed by atoms with Crippen LogP contribution in [0.3, 0.4) is 0 Å². The molecule has 2 aromatic rings. The molecule has 0 spiro atoms. The summed E-state index contributed by atoms with van der Waals surface area (Å²) in [6.07, 6.45) is 3.03. The Morgan fingerprint density at radius 3 is 2.50 bits per heavy atom. The number of carbonyl (C=O) groups is 1. The van der Waals surface area contributed by atoms with E-state index in [0.717, 1.165) is 49.5 Å². The third-order valence-electron chi connectivity index (χ3n) is 4.30. The molecule has 0 bridgehead atoms. The van der Waals surface area contributed by atoms with E-state index in [1.165, 1.54) is 0 Å². The highest BCUT2D eigenvalue weighted by Crippen LogP contribution is 2.31. The number of ether oxygens (including phenoxy) is 2. The van der Waals surface area contributed by atoms with Crippen LogP contribution in [0.2, 0.25) is 0 Å². The van der Waals surface area contributed by atoms with Crippen molar-refractivity contribution >= 4 is 11.6 Å². The summed E-state index contributed by atoms with van der Waals surface area (Å²) in [4.78, 5) is 11.1. The maximum absolute atomic E-state index is 11.1. The molecule has 0 unspecified atom stereocenters. The third kappa shape index (κ3) is 4.06. The average Bonchev–Trinajstić information content (AvgIpc) is 2.59. The van der Waals surface area contributed by atoms with Crippen molar-refractivity contribution in [2.75, 3.05) is 18.9 Å². The van der Waals surface area contributed by atoms with E-state index < -0.39 is 5.91 Å². The summed E-state index contributed by atoms with van der Waals surface area (Å²) in [7, 11) is 0. The van der Waals surface area contributed by atoms with Crippen molar-refractivity contribution in [3.05, 3.63) is 53.6 Å². The van der Waals surface area contributed by atoms with E-state index in [-0.39, 0.29) is 0 Å². The van der Waals surface area contributed by atoms with E-state index >= 15 is 0 Å². The summed E-state index contributed by atoms with van der Waals surface area (Å²) in [5, 5.41) is 0. The number of nitrogens with two attached hydrogens (primary N) is 2. The fraction of sp³-hybridized carbons (Fsp3) is 0.316. The minimum absolute atomic E-state index is 0.450. The van der Waals surface area contributed by atoms with Gasteiger partial charge in [-0.2, -0.15) is 0 Å². The zero-order chi connectivity index (χ0) is 16.9. The fourth-order valence-electron chi connectivity index (χ4n) is 2.93. The first kappa shape index (κ1) is 16.3. The molecule has 2 aromatic carbocycles. The number of hydrogen-bond donors (Lipinski definition) is 2. The summed E-state index contributed by atoms with van der Waals surface area (Å²) in [5.74, 6) is 1.59. The number of primary amides is 1. The second kappa shape index (κ2) is 7.36. The Hall–Kier alpha value is -2.53. The molecule has 5 heteroatoms. The predicted molar refractivity (Wildman–Crippen MR) is 93.1 cm³/mol.